The molecule has 1 aliphatic rings. The summed E-state index contributed by atoms with van der Waals surface area (Å²) in [6, 6.07) is 1.84. The zero-order valence-corrected chi connectivity index (χ0v) is 8.84. The first-order valence-corrected chi connectivity index (χ1v) is 5.23. The maximum Gasteiger partial charge on any atom is 0.254 e. The highest BCUT2D eigenvalue weighted by Crippen LogP contribution is 2.29. The largest absolute Gasteiger partial charge is 0.293 e. The zero-order valence-electron chi connectivity index (χ0n) is 8.84. The van der Waals surface area contributed by atoms with Gasteiger partial charge in [-0.1, -0.05) is 0 Å². The lowest BCUT2D eigenvalue weighted by atomic mass is 10.4. The lowest BCUT2D eigenvalue weighted by Crippen LogP contribution is -2.14. The molecule has 0 spiro atoms. The lowest BCUT2D eigenvalue weighted by molar-refractivity contribution is -0.117. The second-order valence-corrected chi connectivity index (χ2v) is 4.00. The summed E-state index contributed by atoms with van der Waals surface area (Å²) in [6.07, 6.45) is 3.61. The van der Waals surface area contributed by atoms with Crippen molar-refractivity contribution in [2.24, 2.45) is 5.92 Å². The van der Waals surface area contributed by atoms with E-state index in [9.17, 15) is 4.79 Å². The van der Waals surface area contributed by atoms with E-state index in [0.29, 0.717) is 11.7 Å². The van der Waals surface area contributed by atoms with Crippen molar-refractivity contribution < 1.29 is 4.79 Å². The molecule has 6 heteroatoms. The van der Waals surface area contributed by atoms with Crippen molar-refractivity contribution in [2.45, 2.75) is 19.8 Å². The summed E-state index contributed by atoms with van der Waals surface area (Å²) in [5.41, 5.74) is 0.935. The molecule has 0 saturated heterocycles. The normalized spacial score (nSPS) is 15.3. The van der Waals surface area contributed by atoms with Gasteiger partial charge in [0.25, 0.3) is 11.7 Å². The summed E-state index contributed by atoms with van der Waals surface area (Å²) < 4.78 is 1.61. The van der Waals surface area contributed by atoms with Gasteiger partial charge in [0.05, 0.1) is 0 Å². The van der Waals surface area contributed by atoms with Crippen molar-refractivity contribution in [1.82, 2.24) is 19.6 Å². The molecule has 2 aromatic rings. The van der Waals surface area contributed by atoms with Gasteiger partial charge in [-0.15, -0.1) is 5.10 Å². The molecule has 1 N–H and O–H groups in total. The Labute approximate surface area is 91.7 Å². The fourth-order valence-corrected chi connectivity index (χ4v) is 1.52. The fourth-order valence-electron chi connectivity index (χ4n) is 1.52. The predicted molar refractivity (Wildman–Crippen MR) is 56.9 cm³/mol. The summed E-state index contributed by atoms with van der Waals surface area (Å²) in [5, 5.41) is 6.87. The second kappa shape index (κ2) is 3.26. The summed E-state index contributed by atoms with van der Waals surface area (Å²) in [6.45, 7) is 1.91. The number of nitrogens with zero attached hydrogens (tertiary/aromatic N) is 4. The molecule has 16 heavy (non-hydrogen) atoms. The van der Waals surface area contributed by atoms with Crippen LogP contribution in [-0.2, 0) is 4.79 Å². The van der Waals surface area contributed by atoms with Gasteiger partial charge in [0.2, 0.25) is 5.91 Å². The van der Waals surface area contributed by atoms with Crippen LogP contribution in [0.4, 0.5) is 5.95 Å². The summed E-state index contributed by atoms with van der Waals surface area (Å²) in [7, 11) is 0. The molecular weight excluding hydrogens is 206 g/mol. The van der Waals surface area contributed by atoms with Crippen LogP contribution in [0.3, 0.4) is 0 Å². The van der Waals surface area contributed by atoms with Crippen molar-refractivity contribution >= 4 is 17.6 Å². The van der Waals surface area contributed by atoms with Gasteiger partial charge in [-0.2, -0.15) is 9.50 Å². The van der Waals surface area contributed by atoms with E-state index in [-0.39, 0.29) is 11.8 Å². The molecule has 0 aliphatic heterocycles. The Kier molecular flexibility index (Phi) is 1.89. The molecule has 6 nitrogen and oxygen atoms in total. The van der Waals surface area contributed by atoms with Crippen molar-refractivity contribution in [1.29, 1.82) is 0 Å². The highest BCUT2D eigenvalue weighted by Gasteiger charge is 2.30. The third-order valence-electron chi connectivity index (χ3n) is 2.61. The summed E-state index contributed by atoms with van der Waals surface area (Å²) in [5.74, 6) is 0.999. The van der Waals surface area contributed by atoms with Gasteiger partial charge in [-0.25, -0.2) is 4.98 Å². The number of anilines is 1. The summed E-state index contributed by atoms with van der Waals surface area (Å²) >= 11 is 0. The number of hydrogen-bond acceptors (Lipinski definition) is 4. The number of rotatable bonds is 2. The molecule has 1 amide bonds. The average Bonchev–Trinajstić information content (AvgIpc) is 3.01. The third kappa shape index (κ3) is 1.52. The highest BCUT2D eigenvalue weighted by atomic mass is 16.2. The molecule has 82 valence electrons. The van der Waals surface area contributed by atoms with E-state index in [4.69, 9.17) is 0 Å². The van der Waals surface area contributed by atoms with Crippen LogP contribution in [0.2, 0.25) is 0 Å². The summed E-state index contributed by atoms with van der Waals surface area (Å²) in [4.78, 5) is 19.7. The maximum atomic E-state index is 11.5. The minimum absolute atomic E-state index is 0.00793. The van der Waals surface area contributed by atoms with Crippen molar-refractivity contribution in [3.63, 3.8) is 0 Å². The van der Waals surface area contributed by atoms with Gasteiger partial charge < -0.3 is 0 Å². The van der Waals surface area contributed by atoms with Crippen LogP contribution in [-0.4, -0.2) is 25.5 Å². The molecule has 1 fully saturated rings. The fraction of sp³-hybridized carbons (Fsp3) is 0.400. The van der Waals surface area contributed by atoms with E-state index in [1.807, 2.05) is 13.0 Å². The van der Waals surface area contributed by atoms with Crippen molar-refractivity contribution in [3.8, 4) is 0 Å². The zero-order chi connectivity index (χ0) is 11.1. The predicted octanol–water partition coefficient (Wildman–Crippen LogP) is 0.781. The van der Waals surface area contributed by atoms with E-state index in [1.165, 1.54) is 0 Å². The highest BCUT2D eigenvalue weighted by molar-refractivity contribution is 5.92. The molecule has 0 unspecified atom stereocenters. The van der Waals surface area contributed by atoms with Crippen LogP contribution in [0, 0.1) is 12.8 Å². The maximum absolute atomic E-state index is 11.5. The smallest absolute Gasteiger partial charge is 0.254 e. The van der Waals surface area contributed by atoms with E-state index >= 15 is 0 Å². The first kappa shape index (κ1) is 9.26. The van der Waals surface area contributed by atoms with E-state index in [2.05, 4.69) is 20.4 Å². The molecule has 0 aromatic carbocycles. The number of hydrogen-bond donors (Lipinski definition) is 1. The minimum Gasteiger partial charge on any atom is -0.293 e. The molecule has 2 aromatic heterocycles. The number of fused-ring (bicyclic) bond motifs is 1. The molecule has 1 aliphatic carbocycles. The number of carbonyl (C=O) groups is 1. The van der Waals surface area contributed by atoms with Crippen LogP contribution in [0.15, 0.2) is 12.3 Å². The lowest BCUT2D eigenvalue weighted by Gasteiger charge is -1.96. The van der Waals surface area contributed by atoms with Crippen LogP contribution in [0.25, 0.3) is 5.78 Å². The number of amides is 1. The molecule has 2 heterocycles. The van der Waals surface area contributed by atoms with Gasteiger partial charge in [-0.3, -0.25) is 10.1 Å². The number of carbonyl (C=O) groups excluding carboxylic acids is 1. The number of aromatic nitrogens is 4. The van der Waals surface area contributed by atoms with E-state index < -0.39 is 0 Å². The van der Waals surface area contributed by atoms with E-state index in [0.717, 1.165) is 18.5 Å². The Bertz CT molecular complexity index is 557. The minimum atomic E-state index is 0.00793. The first-order valence-electron chi connectivity index (χ1n) is 5.23. The molecule has 0 bridgehead atoms. The molecule has 3 rings (SSSR count). The van der Waals surface area contributed by atoms with Gasteiger partial charge in [-0.05, 0) is 25.8 Å². The topological polar surface area (TPSA) is 72.2 Å². The van der Waals surface area contributed by atoms with Crippen molar-refractivity contribution in [2.75, 3.05) is 5.32 Å². The van der Waals surface area contributed by atoms with Crippen LogP contribution >= 0.6 is 0 Å². The van der Waals surface area contributed by atoms with Crippen LogP contribution < -0.4 is 5.32 Å². The van der Waals surface area contributed by atoms with Gasteiger partial charge >= 0.3 is 0 Å². The Balaban J connectivity index is 1.92. The Morgan fingerprint density at radius 2 is 2.38 bits per heavy atom. The first-order chi connectivity index (χ1) is 7.74. The molecule has 1 saturated carbocycles. The number of nitrogens with one attached hydrogen (secondary N) is 1. The SMILES string of the molecule is Cc1ccnc2nc(NC(=O)C3CC3)nn12. The quantitative estimate of drug-likeness (QED) is 0.806. The number of aryl methyl sites for hydroxylation is 1. The van der Waals surface area contributed by atoms with E-state index in [1.54, 1.807) is 10.7 Å². The van der Waals surface area contributed by atoms with Gasteiger partial charge in [0.1, 0.15) is 0 Å². The standard InChI is InChI=1S/C10H11N5O/c1-6-4-5-11-10-13-9(14-15(6)10)12-8(16)7-2-3-7/h4-5,7H,2-3H2,1H3,(H,12,14,16). The van der Waals surface area contributed by atoms with Gasteiger partial charge in [0, 0.05) is 17.8 Å². The third-order valence-corrected chi connectivity index (χ3v) is 2.61. The van der Waals surface area contributed by atoms with Crippen molar-refractivity contribution in [3.05, 3.63) is 18.0 Å². The second-order valence-electron chi connectivity index (χ2n) is 4.00. The Morgan fingerprint density at radius 3 is 3.06 bits per heavy atom. The average molecular weight is 217 g/mol. The monoisotopic (exact) mass is 217 g/mol. The van der Waals surface area contributed by atoms with Gasteiger partial charge in [0.15, 0.2) is 0 Å². The molecule has 0 radical (unpaired) electrons. The van der Waals surface area contributed by atoms with Crippen LogP contribution in [0.5, 0.6) is 0 Å². The Morgan fingerprint density at radius 1 is 1.56 bits per heavy atom. The Hall–Kier alpha value is -1.98. The van der Waals surface area contributed by atoms with Crippen LogP contribution in [0.1, 0.15) is 18.5 Å². The molecule has 0 atom stereocenters. The molecular formula is C10H11N5O.